The average Bonchev–Trinajstić information content (AvgIpc) is 2.94. The Morgan fingerprint density at radius 2 is 2.22 bits per heavy atom. The third-order valence-electron chi connectivity index (χ3n) is 5.89. The van der Waals surface area contributed by atoms with E-state index >= 15 is 0 Å². The molecule has 3 atom stereocenters. The molecule has 1 aromatic rings. The van der Waals surface area contributed by atoms with Crippen LogP contribution in [0.25, 0.3) is 0 Å². The second-order valence-electron chi connectivity index (χ2n) is 6.66. The highest BCUT2D eigenvalue weighted by Crippen LogP contribution is 2.62. The molecule has 0 amide bonds. The maximum absolute atomic E-state index is 7.98. The third-order valence-corrected chi connectivity index (χ3v) is 5.89. The van der Waals surface area contributed by atoms with Gasteiger partial charge in [0, 0.05) is 15.7 Å². The van der Waals surface area contributed by atoms with Gasteiger partial charge in [-0.3, -0.25) is 4.90 Å². The molecule has 4 nitrogen and oxygen atoms in total. The summed E-state index contributed by atoms with van der Waals surface area (Å²) in [5.74, 6) is 2.28. The molecular weight excluding hydrogens is 290 g/mol. The van der Waals surface area contributed by atoms with Crippen molar-refractivity contribution in [3.63, 3.8) is 0 Å². The fourth-order valence-electron chi connectivity index (χ4n) is 4.93. The Bertz CT molecular complexity index is 860. The SMILES string of the molecule is [2H]C([2H])([2H])N1CC[C@@]23C4=CC=C(OC)[C@@H]2Oc2c(OC)ccc(c23)C[C@@H]41. The Morgan fingerprint density at radius 1 is 1.30 bits per heavy atom. The van der Waals surface area contributed by atoms with Crippen LogP contribution in [-0.2, 0) is 16.6 Å². The highest BCUT2D eigenvalue weighted by molar-refractivity contribution is 5.67. The lowest BCUT2D eigenvalue weighted by Gasteiger charge is -2.52. The van der Waals surface area contributed by atoms with E-state index in [1.165, 1.54) is 0 Å². The first-order valence-corrected chi connectivity index (χ1v) is 8.02. The smallest absolute Gasteiger partial charge is 0.169 e. The van der Waals surface area contributed by atoms with Gasteiger partial charge in [0.15, 0.2) is 17.6 Å². The highest BCUT2D eigenvalue weighted by Gasteiger charge is 2.61. The largest absolute Gasteiger partial charge is 0.497 e. The van der Waals surface area contributed by atoms with Crippen LogP contribution in [0.2, 0.25) is 0 Å². The van der Waals surface area contributed by atoms with Crippen molar-refractivity contribution in [1.82, 2.24) is 4.90 Å². The maximum atomic E-state index is 7.98. The lowest BCUT2D eigenvalue weighted by atomic mass is 9.57. The Hall–Kier alpha value is -1.94. The number of allylic oxidation sites excluding steroid dienone is 2. The Kier molecular flexibility index (Phi) is 2.02. The van der Waals surface area contributed by atoms with Crippen molar-refractivity contribution in [2.24, 2.45) is 0 Å². The van der Waals surface area contributed by atoms with Crippen LogP contribution in [-0.4, -0.2) is 44.8 Å². The van der Waals surface area contributed by atoms with Crippen molar-refractivity contribution in [3.05, 3.63) is 46.7 Å². The third kappa shape index (κ3) is 1.41. The van der Waals surface area contributed by atoms with Gasteiger partial charge in [0.2, 0.25) is 0 Å². The van der Waals surface area contributed by atoms with Crippen molar-refractivity contribution in [2.45, 2.75) is 30.4 Å². The Balaban J connectivity index is 1.78. The molecule has 2 aliphatic heterocycles. The zero-order valence-electron chi connectivity index (χ0n) is 16.3. The van der Waals surface area contributed by atoms with E-state index in [1.54, 1.807) is 19.1 Å². The summed E-state index contributed by atoms with van der Waals surface area (Å²) in [6.45, 7) is -1.61. The molecule has 0 unspecified atom stereocenters. The molecule has 2 heterocycles. The van der Waals surface area contributed by atoms with E-state index in [0.29, 0.717) is 19.4 Å². The molecule has 23 heavy (non-hydrogen) atoms. The van der Waals surface area contributed by atoms with E-state index in [-0.39, 0.29) is 17.6 Å². The van der Waals surface area contributed by atoms with Crippen molar-refractivity contribution in [2.75, 3.05) is 27.7 Å². The molecule has 4 aliphatic rings. The molecule has 0 radical (unpaired) electrons. The quantitative estimate of drug-likeness (QED) is 0.839. The van der Waals surface area contributed by atoms with E-state index < -0.39 is 6.98 Å². The van der Waals surface area contributed by atoms with Crippen LogP contribution in [0.3, 0.4) is 0 Å². The van der Waals surface area contributed by atoms with Crippen molar-refractivity contribution in [3.8, 4) is 11.5 Å². The zero-order valence-corrected chi connectivity index (χ0v) is 13.3. The van der Waals surface area contributed by atoms with E-state index in [0.717, 1.165) is 34.0 Å². The van der Waals surface area contributed by atoms with Crippen LogP contribution in [0, 0.1) is 0 Å². The maximum Gasteiger partial charge on any atom is 0.169 e. The first-order chi connectivity index (χ1) is 12.4. The molecule has 120 valence electrons. The van der Waals surface area contributed by atoms with Gasteiger partial charge >= 0.3 is 0 Å². The standard InChI is InChI=1S/C19H21NO3/c1-20-9-8-19-12-5-7-15(22-3)18(19)23-17-14(21-2)6-4-11(16(17)19)10-13(12)20/h4-7,13,18H,8-10H2,1-3H3/t13-,18-,19-/m0/s1/i1D3. The molecular formula is C19H21NO3. The van der Waals surface area contributed by atoms with Gasteiger partial charge in [0.1, 0.15) is 5.76 Å². The molecule has 1 saturated heterocycles. The second-order valence-corrected chi connectivity index (χ2v) is 6.66. The number of ether oxygens (including phenoxy) is 3. The summed E-state index contributed by atoms with van der Waals surface area (Å²) < 4.78 is 41.5. The van der Waals surface area contributed by atoms with E-state index in [2.05, 4.69) is 12.1 Å². The van der Waals surface area contributed by atoms with Crippen LogP contribution in [0.1, 0.15) is 21.7 Å². The van der Waals surface area contributed by atoms with Crippen molar-refractivity contribution < 1.29 is 18.3 Å². The number of piperidine rings is 1. The number of nitrogens with zero attached hydrogens (tertiary/aromatic N) is 1. The number of rotatable bonds is 2. The minimum absolute atomic E-state index is 0.149. The molecule has 2 bridgehead atoms. The van der Waals surface area contributed by atoms with Gasteiger partial charge in [-0.25, -0.2) is 0 Å². The topological polar surface area (TPSA) is 30.9 Å². The Labute approximate surface area is 140 Å². The summed E-state index contributed by atoms with van der Waals surface area (Å²) in [5.41, 5.74) is 3.09. The van der Waals surface area contributed by atoms with E-state index in [4.69, 9.17) is 18.3 Å². The highest BCUT2D eigenvalue weighted by atomic mass is 16.6. The minimum Gasteiger partial charge on any atom is -0.497 e. The summed E-state index contributed by atoms with van der Waals surface area (Å²) in [6, 6.07) is 3.83. The summed E-state index contributed by atoms with van der Waals surface area (Å²) in [4.78, 5) is 1.66. The van der Waals surface area contributed by atoms with Gasteiger partial charge in [0.25, 0.3) is 0 Å². The summed E-state index contributed by atoms with van der Waals surface area (Å²) in [5, 5.41) is 0. The van der Waals surface area contributed by atoms with Crippen LogP contribution < -0.4 is 9.47 Å². The second kappa shape index (κ2) is 4.32. The molecule has 0 aromatic heterocycles. The normalized spacial score (nSPS) is 35.8. The van der Waals surface area contributed by atoms with Gasteiger partial charge in [-0.05, 0) is 49.6 Å². The minimum atomic E-state index is -2.11. The van der Waals surface area contributed by atoms with Gasteiger partial charge in [0.05, 0.1) is 19.6 Å². The molecule has 1 spiro atoms. The number of likely N-dealkylation sites (tertiary alicyclic amines) is 1. The van der Waals surface area contributed by atoms with Gasteiger partial charge in [-0.2, -0.15) is 0 Å². The predicted octanol–water partition coefficient (Wildman–Crippen LogP) is 2.42. The molecule has 1 aromatic carbocycles. The fourth-order valence-corrected chi connectivity index (χ4v) is 4.93. The summed E-state index contributed by atoms with van der Waals surface area (Å²) in [7, 11) is 3.30. The van der Waals surface area contributed by atoms with Crippen molar-refractivity contribution >= 4 is 0 Å². The first-order valence-electron chi connectivity index (χ1n) is 9.52. The van der Waals surface area contributed by atoms with E-state index in [9.17, 15) is 0 Å². The monoisotopic (exact) mass is 314 g/mol. The molecule has 0 N–H and O–H groups in total. The fraction of sp³-hybridized carbons (Fsp3) is 0.474. The first kappa shape index (κ1) is 10.8. The molecule has 0 saturated carbocycles. The Morgan fingerprint density at radius 3 is 3.00 bits per heavy atom. The number of hydrogen-bond acceptors (Lipinski definition) is 4. The molecule has 1 fully saturated rings. The van der Waals surface area contributed by atoms with Gasteiger partial charge in [-0.1, -0.05) is 12.1 Å². The number of hydrogen-bond donors (Lipinski definition) is 0. The van der Waals surface area contributed by atoms with E-state index in [1.807, 2.05) is 12.1 Å². The van der Waals surface area contributed by atoms with Crippen LogP contribution in [0.15, 0.2) is 35.6 Å². The van der Waals surface area contributed by atoms with Crippen LogP contribution >= 0.6 is 0 Å². The summed E-state index contributed by atoms with van der Waals surface area (Å²) >= 11 is 0. The number of benzene rings is 1. The number of methoxy groups -OCH3 is 2. The average molecular weight is 314 g/mol. The van der Waals surface area contributed by atoms with Crippen LogP contribution in [0.5, 0.6) is 11.5 Å². The molecule has 5 rings (SSSR count). The van der Waals surface area contributed by atoms with Gasteiger partial charge in [-0.15, -0.1) is 0 Å². The molecule has 4 heteroatoms. The predicted molar refractivity (Wildman–Crippen MR) is 87.0 cm³/mol. The lowest BCUT2D eigenvalue weighted by molar-refractivity contribution is 0.0734. The number of likely N-dealkylation sites (N-methyl/N-ethyl adjacent to an activating group) is 1. The zero-order chi connectivity index (χ0) is 18.3. The molecule has 2 aliphatic carbocycles. The van der Waals surface area contributed by atoms with Crippen molar-refractivity contribution in [1.29, 1.82) is 0 Å². The lowest BCUT2D eigenvalue weighted by Crippen LogP contribution is -2.58. The van der Waals surface area contributed by atoms with Crippen LogP contribution in [0.4, 0.5) is 0 Å². The van der Waals surface area contributed by atoms with Gasteiger partial charge < -0.3 is 14.2 Å². The summed E-state index contributed by atoms with van der Waals surface area (Å²) in [6.07, 6.45) is 5.08.